The van der Waals surface area contributed by atoms with E-state index in [1.165, 1.54) is 11.3 Å². The molecule has 0 spiro atoms. The van der Waals surface area contributed by atoms with Crippen molar-refractivity contribution < 1.29 is 0 Å². The normalized spacial score (nSPS) is 11.7. The summed E-state index contributed by atoms with van der Waals surface area (Å²) >= 11 is 1.47. The molecule has 0 unspecified atom stereocenters. The van der Waals surface area contributed by atoms with Gasteiger partial charge >= 0.3 is 0 Å². The fourth-order valence-electron chi connectivity index (χ4n) is 3.36. The van der Waals surface area contributed by atoms with Crippen molar-refractivity contribution in [2.75, 3.05) is 0 Å². The molecular formula is C23H23N5OS. The van der Waals surface area contributed by atoms with Crippen molar-refractivity contribution >= 4 is 17.0 Å². The van der Waals surface area contributed by atoms with Gasteiger partial charge in [0.25, 0.3) is 5.56 Å². The second-order valence-corrected chi connectivity index (χ2v) is 8.00. The summed E-state index contributed by atoms with van der Waals surface area (Å²) in [6.45, 7) is 5.75. The van der Waals surface area contributed by atoms with E-state index in [1.807, 2.05) is 103 Å². The summed E-state index contributed by atoms with van der Waals surface area (Å²) < 4.78 is 5.48. The highest BCUT2D eigenvalue weighted by atomic mass is 32.1. The van der Waals surface area contributed by atoms with Gasteiger partial charge in [0.05, 0.1) is 17.1 Å². The van der Waals surface area contributed by atoms with E-state index in [2.05, 4.69) is 10.2 Å². The van der Waals surface area contributed by atoms with Crippen molar-refractivity contribution in [2.24, 2.45) is 17.3 Å². The average molecular weight is 418 g/mol. The van der Waals surface area contributed by atoms with E-state index in [4.69, 9.17) is 0 Å². The predicted octanol–water partition coefficient (Wildman–Crippen LogP) is 4.30. The number of rotatable bonds is 4. The maximum absolute atomic E-state index is 13.6. The lowest BCUT2D eigenvalue weighted by Crippen LogP contribution is -2.24. The molecule has 0 bridgehead atoms. The highest BCUT2D eigenvalue weighted by molar-refractivity contribution is 7.07. The van der Waals surface area contributed by atoms with Crippen LogP contribution >= 0.6 is 11.3 Å². The van der Waals surface area contributed by atoms with Gasteiger partial charge in [0.15, 0.2) is 0 Å². The Bertz CT molecular complexity index is 1330. The van der Waals surface area contributed by atoms with Crippen LogP contribution < -0.4 is 10.4 Å². The van der Waals surface area contributed by atoms with Crippen molar-refractivity contribution in [1.29, 1.82) is 0 Å². The molecular weight excluding hydrogens is 394 g/mol. The molecule has 0 saturated carbocycles. The zero-order chi connectivity index (χ0) is 21.3. The van der Waals surface area contributed by atoms with Crippen LogP contribution in [0.4, 0.5) is 0 Å². The second kappa shape index (κ2) is 8.12. The van der Waals surface area contributed by atoms with Gasteiger partial charge in [-0.15, -0.1) is 16.4 Å². The molecule has 30 heavy (non-hydrogen) atoms. The maximum Gasteiger partial charge on any atom is 0.296 e. The number of hydrogen-bond donors (Lipinski definition) is 0. The Hall–Kier alpha value is -3.45. The quantitative estimate of drug-likeness (QED) is 0.361. The largest absolute Gasteiger partial charge is 0.296 e. The van der Waals surface area contributed by atoms with Crippen LogP contribution in [0.2, 0.25) is 0 Å². The van der Waals surface area contributed by atoms with Crippen LogP contribution in [0.3, 0.4) is 0 Å². The van der Waals surface area contributed by atoms with Gasteiger partial charge in [-0.3, -0.25) is 14.0 Å². The number of nitrogens with zero attached hydrogens (tertiary/aromatic N) is 5. The number of aromatic nitrogens is 3. The third-order valence-corrected chi connectivity index (χ3v) is 5.68. The molecule has 0 aliphatic rings. The van der Waals surface area contributed by atoms with E-state index in [0.29, 0.717) is 10.5 Å². The first-order valence-corrected chi connectivity index (χ1v) is 10.5. The molecule has 0 radical (unpaired) electrons. The minimum Gasteiger partial charge on any atom is -0.283 e. The highest BCUT2D eigenvalue weighted by Gasteiger charge is 2.21. The van der Waals surface area contributed by atoms with E-state index < -0.39 is 0 Å². The summed E-state index contributed by atoms with van der Waals surface area (Å²) in [5, 5.41) is 10.7. The summed E-state index contributed by atoms with van der Waals surface area (Å²) in [7, 11) is 1.90. The molecule has 2 aromatic carbocycles. The molecule has 0 atom stereocenters. The van der Waals surface area contributed by atoms with E-state index >= 15 is 0 Å². The Labute approximate surface area is 178 Å². The average Bonchev–Trinajstić information content (AvgIpc) is 3.26. The fraction of sp³-hybridized carbons (Fsp3) is 0.174. The first-order valence-electron chi connectivity index (χ1n) is 9.64. The monoisotopic (exact) mass is 417 g/mol. The number of thiazole rings is 1. The Morgan fingerprint density at radius 3 is 2.23 bits per heavy atom. The van der Waals surface area contributed by atoms with Crippen molar-refractivity contribution in [1.82, 2.24) is 13.9 Å². The first kappa shape index (κ1) is 19.8. The zero-order valence-corrected chi connectivity index (χ0v) is 18.2. The topological polar surface area (TPSA) is 56.6 Å². The summed E-state index contributed by atoms with van der Waals surface area (Å²) in [5.41, 5.74) is 4.91. The van der Waals surface area contributed by atoms with Crippen LogP contribution in [0.25, 0.3) is 22.6 Å². The molecule has 2 aromatic heterocycles. The molecule has 0 saturated heterocycles. The fourth-order valence-corrected chi connectivity index (χ4v) is 4.20. The Balaban J connectivity index is 2.06. The van der Waals surface area contributed by atoms with Crippen LogP contribution in [-0.2, 0) is 7.05 Å². The molecule has 6 nitrogen and oxygen atoms in total. The van der Waals surface area contributed by atoms with Gasteiger partial charge in [-0.05, 0) is 38.5 Å². The van der Waals surface area contributed by atoms with Gasteiger partial charge in [-0.2, -0.15) is 5.10 Å². The zero-order valence-electron chi connectivity index (χ0n) is 17.4. The van der Waals surface area contributed by atoms with Crippen molar-refractivity contribution in [2.45, 2.75) is 20.8 Å². The Morgan fingerprint density at radius 2 is 1.60 bits per heavy atom. The molecule has 0 fully saturated rings. The van der Waals surface area contributed by atoms with E-state index in [-0.39, 0.29) is 5.56 Å². The van der Waals surface area contributed by atoms with E-state index in [1.54, 1.807) is 4.68 Å². The molecule has 152 valence electrons. The summed E-state index contributed by atoms with van der Waals surface area (Å²) in [4.78, 5) is 14.3. The number of para-hydroxylation sites is 1. The molecule has 0 amide bonds. The molecule has 2 heterocycles. The van der Waals surface area contributed by atoms with Crippen molar-refractivity contribution in [3.8, 4) is 22.6 Å². The van der Waals surface area contributed by atoms with Crippen molar-refractivity contribution in [3.63, 3.8) is 0 Å². The van der Waals surface area contributed by atoms with Crippen LogP contribution in [0.5, 0.6) is 0 Å². The van der Waals surface area contributed by atoms with Gasteiger partial charge in [0.1, 0.15) is 5.69 Å². The van der Waals surface area contributed by atoms with Crippen LogP contribution in [0, 0.1) is 6.92 Å². The Morgan fingerprint density at radius 1 is 0.967 bits per heavy atom. The lowest BCUT2D eigenvalue weighted by Gasteiger charge is -2.08. The Kier molecular flexibility index (Phi) is 5.37. The third-order valence-electron chi connectivity index (χ3n) is 4.86. The van der Waals surface area contributed by atoms with Gasteiger partial charge < -0.3 is 0 Å². The predicted molar refractivity (Wildman–Crippen MR) is 123 cm³/mol. The van der Waals surface area contributed by atoms with Crippen LogP contribution in [0.15, 0.2) is 81.0 Å². The van der Waals surface area contributed by atoms with E-state index in [0.717, 1.165) is 28.4 Å². The third kappa shape index (κ3) is 3.48. The lowest BCUT2D eigenvalue weighted by atomic mass is 10.1. The van der Waals surface area contributed by atoms with Gasteiger partial charge in [-0.25, -0.2) is 4.68 Å². The number of hydrogen-bond acceptors (Lipinski definition) is 4. The number of benzene rings is 2. The van der Waals surface area contributed by atoms with Gasteiger partial charge in [0.2, 0.25) is 4.80 Å². The van der Waals surface area contributed by atoms with E-state index in [9.17, 15) is 4.79 Å². The summed E-state index contributed by atoms with van der Waals surface area (Å²) in [5.74, 6) is 0. The minimum absolute atomic E-state index is 0.101. The molecule has 0 aliphatic heterocycles. The van der Waals surface area contributed by atoms with Gasteiger partial charge in [-0.1, -0.05) is 48.5 Å². The second-order valence-electron chi connectivity index (χ2n) is 7.16. The minimum atomic E-state index is -0.101. The van der Waals surface area contributed by atoms with Crippen LogP contribution in [-0.4, -0.2) is 19.6 Å². The highest BCUT2D eigenvalue weighted by Crippen LogP contribution is 2.24. The molecule has 4 aromatic rings. The van der Waals surface area contributed by atoms with Gasteiger partial charge in [0, 0.05) is 18.1 Å². The lowest BCUT2D eigenvalue weighted by molar-refractivity contribution is 0.630. The maximum atomic E-state index is 13.6. The molecule has 4 rings (SSSR count). The first-order chi connectivity index (χ1) is 14.5. The molecule has 7 heteroatoms. The van der Waals surface area contributed by atoms with Crippen LogP contribution in [0.1, 0.15) is 19.5 Å². The SMILES string of the molecule is CC(C)=N/N=c1\scc(-c2ccccc2)n1-c1c(C)n(C)n(-c2ccccc2)c1=O. The summed E-state index contributed by atoms with van der Waals surface area (Å²) in [6.07, 6.45) is 0. The smallest absolute Gasteiger partial charge is 0.283 e. The summed E-state index contributed by atoms with van der Waals surface area (Å²) in [6, 6.07) is 19.7. The van der Waals surface area contributed by atoms with Crippen molar-refractivity contribution in [3.05, 3.63) is 86.9 Å². The molecule has 0 aliphatic carbocycles. The standard InChI is InChI=1S/C23H23N5OS/c1-16(2)24-25-23-27(20(15-30-23)18-11-7-5-8-12-18)21-17(3)26(4)28(22(21)29)19-13-9-6-10-14-19/h5-15H,1-4H3/b25-23-. The molecule has 0 N–H and O–H groups in total.